The Labute approximate surface area is 150 Å². The van der Waals surface area contributed by atoms with Crippen LogP contribution in [0.25, 0.3) is 0 Å². The van der Waals surface area contributed by atoms with Gasteiger partial charge in [-0.2, -0.15) is 5.26 Å². The van der Waals surface area contributed by atoms with E-state index in [-0.39, 0.29) is 30.0 Å². The average molecular weight is 349 g/mol. The van der Waals surface area contributed by atoms with E-state index in [2.05, 4.69) is 17.2 Å². The molecule has 0 saturated carbocycles. The van der Waals surface area contributed by atoms with Crippen LogP contribution in [0.1, 0.15) is 23.1 Å². The highest BCUT2D eigenvalue weighted by Crippen LogP contribution is 2.19. The van der Waals surface area contributed by atoms with Crippen molar-refractivity contribution in [3.63, 3.8) is 0 Å². The molecule has 130 valence electrons. The minimum atomic E-state index is -0.579. The lowest BCUT2D eigenvalue weighted by Crippen LogP contribution is -2.24. The molecule has 2 aromatic rings. The summed E-state index contributed by atoms with van der Waals surface area (Å²) >= 11 is 0. The quantitative estimate of drug-likeness (QED) is 0.386. The van der Waals surface area contributed by atoms with E-state index < -0.39 is 11.0 Å². The third-order valence-corrected chi connectivity index (χ3v) is 3.28. The summed E-state index contributed by atoms with van der Waals surface area (Å²) in [7, 11) is 0. The molecular formula is C19H15N3O4. The van der Waals surface area contributed by atoms with E-state index in [4.69, 9.17) is 10.00 Å². The summed E-state index contributed by atoms with van der Waals surface area (Å²) in [6.07, 6.45) is -0.252. The Morgan fingerprint density at radius 1 is 1.23 bits per heavy atom. The molecule has 7 nitrogen and oxygen atoms in total. The van der Waals surface area contributed by atoms with Gasteiger partial charge in [0.2, 0.25) is 0 Å². The van der Waals surface area contributed by atoms with Crippen LogP contribution in [0.3, 0.4) is 0 Å². The number of nitro benzene ring substituents is 1. The number of hydrogen-bond acceptors (Lipinski definition) is 5. The first kappa shape index (κ1) is 18.5. The van der Waals surface area contributed by atoms with Crippen LogP contribution in [0, 0.1) is 33.3 Å². The molecule has 0 unspecified atom stereocenters. The molecule has 26 heavy (non-hydrogen) atoms. The highest BCUT2D eigenvalue weighted by Gasteiger charge is 2.12. The number of carbonyl (C=O) groups excluding carboxylic acids is 1. The Morgan fingerprint density at radius 3 is 2.69 bits per heavy atom. The van der Waals surface area contributed by atoms with Crippen LogP contribution in [-0.2, 0) is 11.3 Å². The molecule has 0 fully saturated rings. The first-order chi connectivity index (χ1) is 12.6. The summed E-state index contributed by atoms with van der Waals surface area (Å²) < 4.78 is 5.05. The van der Waals surface area contributed by atoms with Crippen LogP contribution < -0.4 is 5.32 Å². The fourth-order valence-corrected chi connectivity index (χ4v) is 2.02. The smallest absolute Gasteiger partial charge is 0.407 e. The average Bonchev–Trinajstić information content (AvgIpc) is 2.66. The lowest BCUT2D eigenvalue weighted by molar-refractivity contribution is -0.385. The number of amides is 1. The third kappa shape index (κ3) is 5.66. The number of rotatable bonds is 5. The Hall–Kier alpha value is -3.84. The molecule has 1 N–H and O–H groups in total. The molecule has 0 aliphatic rings. The van der Waals surface area contributed by atoms with Crippen LogP contribution in [-0.4, -0.2) is 17.6 Å². The number of nitrogens with zero attached hydrogens (tertiary/aromatic N) is 2. The van der Waals surface area contributed by atoms with E-state index in [1.165, 1.54) is 18.2 Å². The fraction of sp³-hybridized carbons (Fsp3) is 0.158. The van der Waals surface area contributed by atoms with Crippen molar-refractivity contribution < 1.29 is 14.5 Å². The predicted molar refractivity (Wildman–Crippen MR) is 93.9 cm³/mol. The molecule has 2 rings (SSSR count). The summed E-state index contributed by atoms with van der Waals surface area (Å²) in [5, 5.41) is 22.4. The third-order valence-electron chi connectivity index (χ3n) is 3.28. The van der Waals surface area contributed by atoms with Crippen molar-refractivity contribution in [2.24, 2.45) is 0 Å². The predicted octanol–water partition coefficient (Wildman–Crippen LogP) is 3.13. The second kappa shape index (κ2) is 9.45. The number of nitriles is 1. The van der Waals surface area contributed by atoms with Crippen LogP contribution >= 0.6 is 0 Å². The van der Waals surface area contributed by atoms with Crippen LogP contribution in [0.2, 0.25) is 0 Å². The van der Waals surface area contributed by atoms with Crippen molar-refractivity contribution in [2.75, 3.05) is 6.54 Å². The Bertz CT molecular complexity index is 892. The zero-order chi connectivity index (χ0) is 18.8. The molecule has 0 aliphatic heterocycles. The summed E-state index contributed by atoms with van der Waals surface area (Å²) in [6, 6.07) is 15.2. The second-order valence-corrected chi connectivity index (χ2v) is 5.14. The fourth-order valence-electron chi connectivity index (χ4n) is 2.02. The van der Waals surface area contributed by atoms with Gasteiger partial charge in [0.25, 0.3) is 5.69 Å². The monoisotopic (exact) mass is 349 g/mol. The van der Waals surface area contributed by atoms with Gasteiger partial charge in [-0.3, -0.25) is 10.1 Å². The molecule has 0 atom stereocenters. The zero-order valence-corrected chi connectivity index (χ0v) is 13.8. The lowest BCUT2D eigenvalue weighted by Gasteiger charge is -2.05. The van der Waals surface area contributed by atoms with Crippen molar-refractivity contribution in [3.8, 4) is 17.9 Å². The highest BCUT2D eigenvalue weighted by molar-refractivity contribution is 5.67. The van der Waals surface area contributed by atoms with Crippen molar-refractivity contribution in [1.29, 1.82) is 5.26 Å². The van der Waals surface area contributed by atoms with Crippen molar-refractivity contribution in [2.45, 2.75) is 13.0 Å². The van der Waals surface area contributed by atoms with Gasteiger partial charge in [0.1, 0.15) is 12.2 Å². The molecular weight excluding hydrogens is 334 g/mol. The molecule has 7 heteroatoms. The molecule has 0 aromatic heterocycles. The van der Waals surface area contributed by atoms with Gasteiger partial charge in [-0.05, 0) is 17.7 Å². The summed E-state index contributed by atoms with van der Waals surface area (Å²) in [6.45, 7) is 0.431. The number of benzene rings is 2. The number of nitro groups is 1. The zero-order valence-electron chi connectivity index (χ0n) is 13.8. The lowest BCUT2D eigenvalue weighted by atomic mass is 10.1. The van der Waals surface area contributed by atoms with Gasteiger partial charge in [0.05, 0.1) is 16.6 Å². The van der Waals surface area contributed by atoms with Gasteiger partial charge in [-0.25, -0.2) is 4.79 Å². The van der Waals surface area contributed by atoms with Gasteiger partial charge >= 0.3 is 6.09 Å². The molecule has 0 heterocycles. The van der Waals surface area contributed by atoms with E-state index in [0.29, 0.717) is 6.42 Å². The molecule has 0 radical (unpaired) electrons. The van der Waals surface area contributed by atoms with Crippen LogP contribution in [0.5, 0.6) is 0 Å². The number of alkyl carbamates (subject to hydrolysis) is 1. The minimum absolute atomic E-state index is 0.176. The second-order valence-electron chi connectivity index (χ2n) is 5.14. The number of carbonyl (C=O) groups is 1. The van der Waals surface area contributed by atoms with E-state index in [9.17, 15) is 14.9 Å². The molecule has 0 aliphatic carbocycles. The standard InChI is InChI=1S/C19H15N3O4/c20-13-16-9-10-17(18(12-16)22(24)25)8-4-5-11-21-19(23)26-14-15-6-2-1-3-7-15/h1-3,6-7,9-10,12H,5,11,14H2,(H,21,23). The topological polar surface area (TPSA) is 105 Å². The molecule has 1 amide bonds. The maximum absolute atomic E-state index is 11.6. The summed E-state index contributed by atoms with van der Waals surface area (Å²) in [4.78, 5) is 22.0. The minimum Gasteiger partial charge on any atom is -0.445 e. The van der Waals surface area contributed by atoms with Gasteiger partial charge in [-0.15, -0.1) is 0 Å². The van der Waals surface area contributed by atoms with Crippen molar-refractivity contribution in [1.82, 2.24) is 5.32 Å². The summed E-state index contributed by atoms with van der Waals surface area (Å²) in [5.41, 5.74) is 1.09. The van der Waals surface area contributed by atoms with E-state index >= 15 is 0 Å². The Kier molecular flexibility index (Phi) is 6.73. The van der Waals surface area contributed by atoms with E-state index in [0.717, 1.165) is 5.56 Å². The van der Waals surface area contributed by atoms with Crippen molar-refractivity contribution >= 4 is 11.8 Å². The Morgan fingerprint density at radius 2 is 2.00 bits per heavy atom. The van der Waals surface area contributed by atoms with Gasteiger partial charge in [-0.1, -0.05) is 42.2 Å². The largest absolute Gasteiger partial charge is 0.445 e. The van der Waals surface area contributed by atoms with E-state index in [1.54, 1.807) is 0 Å². The first-order valence-electron chi connectivity index (χ1n) is 7.72. The Balaban J connectivity index is 1.81. The van der Waals surface area contributed by atoms with Gasteiger partial charge in [0, 0.05) is 19.0 Å². The maximum Gasteiger partial charge on any atom is 0.407 e. The van der Waals surface area contributed by atoms with Crippen LogP contribution in [0.4, 0.5) is 10.5 Å². The number of ether oxygens (including phenoxy) is 1. The normalized spacial score (nSPS) is 9.35. The highest BCUT2D eigenvalue weighted by atomic mass is 16.6. The molecule has 2 aromatic carbocycles. The number of nitrogens with one attached hydrogen (secondary N) is 1. The van der Waals surface area contributed by atoms with Gasteiger partial charge in [0.15, 0.2) is 0 Å². The van der Waals surface area contributed by atoms with Crippen LogP contribution in [0.15, 0.2) is 48.5 Å². The first-order valence-corrected chi connectivity index (χ1v) is 7.72. The van der Waals surface area contributed by atoms with Gasteiger partial charge < -0.3 is 10.1 Å². The van der Waals surface area contributed by atoms with E-state index in [1.807, 2.05) is 36.4 Å². The number of hydrogen-bond donors (Lipinski definition) is 1. The van der Waals surface area contributed by atoms with Crippen molar-refractivity contribution in [3.05, 3.63) is 75.3 Å². The molecule has 0 bridgehead atoms. The maximum atomic E-state index is 11.6. The molecule has 0 saturated heterocycles. The summed E-state index contributed by atoms with van der Waals surface area (Å²) in [5.74, 6) is 5.44. The molecule has 0 spiro atoms. The SMILES string of the molecule is N#Cc1ccc(C#CCCNC(=O)OCc2ccccc2)c([N+](=O)[O-])c1.